The number of nitrogens with zero attached hydrogens (tertiary/aromatic N) is 1. The number of carboxylic acid groups (broad SMARTS) is 1. The van der Waals surface area contributed by atoms with Crippen molar-refractivity contribution in [3.8, 4) is 0 Å². The van der Waals surface area contributed by atoms with Gasteiger partial charge in [0.25, 0.3) is 0 Å². The third kappa shape index (κ3) is 1.97. The number of rotatable bonds is 4. The third-order valence-electron chi connectivity index (χ3n) is 3.21. The molecule has 0 fully saturated rings. The molecule has 0 amide bonds. The van der Waals surface area contributed by atoms with E-state index in [1.54, 1.807) is 13.2 Å². The fourth-order valence-electron chi connectivity index (χ4n) is 1.67. The zero-order chi connectivity index (χ0) is 13.3. The van der Waals surface area contributed by atoms with Crippen LogP contribution in [0.5, 0.6) is 0 Å². The van der Waals surface area contributed by atoms with E-state index in [0.29, 0.717) is 23.4 Å². The lowest BCUT2D eigenvalue weighted by Gasteiger charge is -2.22. The van der Waals surface area contributed by atoms with Gasteiger partial charge in [0, 0.05) is 7.11 Å². The number of carbonyl (C=O) groups is 1. The van der Waals surface area contributed by atoms with E-state index in [4.69, 9.17) is 14.3 Å². The summed E-state index contributed by atoms with van der Waals surface area (Å²) in [6.07, 6.45) is 0.710. The quantitative estimate of drug-likeness (QED) is 0.901. The van der Waals surface area contributed by atoms with E-state index >= 15 is 0 Å². The minimum Gasteiger partial charge on any atom is -0.478 e. The molecule has 96 valence electrons. The van der Waals surface area contributed by atoms with Crippen molar-refractivity contribution in [2.24, 2.45) is 0 Å². The van der Waals surface area contributed by atoms with Crippen LogP contribution < -0.4 is 0 Å². The summed E-state index contributed by atoms with van der Waals surface area (Å²) in [7, 11) is 1.60. The summed E-state index contributed by atoms with van der Waals surface area (Å²) in [5.41, 5.74) is 0.689. The summed E-state index contributed by atoms with van der Waals surface area (Å²) >= 11 is 0. The van der Waals surface area contributed by atoms with Crippen LogP contribution in [0.2, 0.25) is 0 Å². The lowest BCUT2D eigenvalue weighted by Crippen LogP contribution is -2.23. The SMILES string of the molecule is CCC(C)(OC)c1nc2cc(C(=O)O)ccc2o1. The molecule has 0 aliphatic heterocycles. The van der Waals surface area contributed by atoms with Gasteiger partial charge in [0.05, 0.1) is 5.56 Å². The Morgan fingerprint density at radius 1 is 1.56 bits per heavy atom. The predicted octanol–water partition coefficient (Wildman–Crippen LogP) is 2.80. The van der Waals surface area contributed by atoms with E-state index in [0.717, 1.165) is 0 Å². The molecule has 1 N–H and O–H groups in total. The molecule has 1 heterocycles. The van der Waals surface area contributed by atoms with Crippen LogP contribution in [0, 0.1) is 0 Å². The van der Waals surface area contributed by atoms with Gasteiger partial charge in [0.15, 0.2) is 5.58 Å². The van der Waals surface area contributed by atoms with Crippen molar-refractivity contribution in [1.82, 2.24) is 4.98 Å². The van der Waals surface area contributed by atoms with E-state index in [1.165, 1.54) is 12.1 Å². The number of oxazole rings is 1. The van der Waals surface area contributed by atoms with Gasteiger partial charge in [-0.05, 0) is 31.5 Å². The normalized spacial score (nSPS) is 14.6. The van der Waals surface area contributed by atoms with Crippen molar-refractivity contribution in [2.75, 3.05) is 7.11 Å². The Morgan fingerprint density at radius 2 is 2.28 bits per heavy atom. The van der Waals surface area contributed by atoms with E-state index in [2.05, 4.69) is 4.98 Å². The minimum atomic E-state index is -0.980. The molecule has 5 heteroatoms. The van der Waals surface area contributed by atoms with Crippen molar-refractivity contribution < 1.29 is 19.1 Å². The van der Waals surface area contributed by atoms with Gasteiger partial charge in [-0.2, -0.15) is 0 Å². The van der Waals surface area contributed by atoms with Crippen molar-refractivity contribution >= 4 is 17.1 Å². The van der Waals surface area contributed by atoms with E-state index in [1.807, 2.05) is 13.8 Å². The lowest BCUT2D eigenvalue weighted by molar-refractivity contribution is -0.0222. The molecule has 0 saturated heterocycles. The number of methoxy groups -OCH3 is 1. The van der Waals surface area contributed by atoms with Crippen LogP contribution in [0.1, 0.15) is 36.5 Å². The number of hydrogen-bond donors (Lipinski definition) is 1. The zero-order valence-corrected chi connectivity index (χ0v) is 10.6. The molecule has 18 heavy (non-hydrogen) atoms. The van der Waals surface area contributed by atoms with E-state index in [9.17, 15) is 4.79 Å². The van der Waals surface area contributed by atoms with Gasteiger partial charge in [-0.25, -0.2) is 9.78 Å². The highest BCUT2D eigenvalue weighted by molar-refractivity contribution is 5.91. The molecule has 0 aliphatic rings. The van der Waals surface area contributed by atoms with Gasteiger partial charge >= 0.3 is 5.97 Å². The Kier molecular flexibility index (Phi) is 3.09. The second kappa shape index (κ2) is 4.42. The number of carboxylic acids is 1. The first-order chi connectivity index (χ1) is 8.50. The Morgan fingerprint density at radius 3 is 2.83 bits per heavy atom. The maximum atomic E-state index is 10.9. The number of fused-ring (bicyclic) bond motifs is 1. The second-order valence-electron chi connectivity index (χ2n) is 4.30. The predicted molar refractivity (Wildman–Crippen MR) is 65.6 cm³/mol. The zero-order valence-electron chi connectivity index (χ0n) is 10.6. The molecule has 5 nitrogen and oxygen atoms in total. The number of benzene rings is 1. The Hall–Kier alpha value is -1.88. The second-order valence-corrected chi connectivity index (χ2v) is 4.30. The van der Waals surface area contributed by atoms with Gasteiger partial charge in [-0.15, -0.1) is 0 Å². The van der Waals surface area contributed by atoms with E-state index in [-0.39, 0.29) is 5.56 Å². The number of aromatic nitrogens is 1. The van der Waals surface area contributed by atoms with Gasteiger partial charge in [0.1, 0.15) is 11.1 Å². The number of aromatic carboxylic acids is 1. The fourth-order valence-corrected chi connectivity index (χ4v) is 1.67. The minimum absolute atomic E-state index is 0.193. The molecule has 0 saturated carbocycles. The smallest absolute Gasteiger partial charge is 0.335 e. The first kappa shape index (κ1) is 12.6. The van der Waals surface area contributed by atoms with Crippen LogP contribution in [0.4, 0.5) is 0 Å². The average Bonchev–Trinajstić information content (AvgIpc) is 2.80. The van der Waals surface area contributed by atoms with Crippen molar-refractivity contribution in [3.63, 3.8) is 0 Å². The van der Waals surface area contributed by atoms with Gasteiger partial charge < -0.3 is 14.3 Å². The Bertz CT molecular complexity index is 584. The van der Waals surface area contributed by atoms with Crippen LogP contribution in [-0.2, 0) is 10.3 Å². The molecule has 2 aromatic rings. The first-order valence-electron chi connectivity index (χ1n) is 5.69. The van der Waals surface area contributed by atoms with Crippen molar-refractivity contribution in [3.05, 3.63) is 29.7 Å². The number of ether oxygens (including phenoxy) is 1. The summed E-state index contributed by atoms with van der Waals surface area (Å²) in [6.45, 7) is 3.86. The standard InChI is InChI=1S/C13H15NO4/c1-4-13(2,17-3)12-14-9-7-8(11(15)16)5-6-10(9)18-12/h5-7H,4H2,1-3H3,(H,15,16). The van der Waals surface area contributed by atoms with Crippen LogP contribution in [-0.4, -0.2) is 23.2 Å². The molecule has 0 spiro atoms. The highest BCUT2D eigenvalue weighted by atomic mass is 16.5. The van der Waals surface area contributed by atoms with Crippen LogP contribution in [0.3, 0.4) is 0 Å². The maximum absolute atomic E-state index is 10.9. The summed E-state index contributed by atoms with van der Waals surface area (Å²) in [5.74, 6) is -0.517. The summed E-state index contributed by atoms with van der Waals surface area (Å²) < 4.78 is 11.0. The van der Waals surface area contributed by atoms with Crippen LogP contribution in [0.25, 0.3) is 11.1 Å². The van der Waals surface area contributed by atoms with Gasteiger partial charge in [-0.1, -0.05) is 6.92 Å². The van der Waals surface area contributed by atoms with Gasteiger partial charge in [0.2, 0.25) is 5.89 Å². The van der Waals surface area contributed by atoms with Gasteiger partial charge in [-0.3, -0.25) is 0 Å². The Labute approximate surface area is 104 Å². The highest BCUT2D eigenvalue weighted by Gasteiger charge is 2.30. The molecular weight excluding hydrogens is 234 g/mol. The average molecular weight is 249 g/mol. The third-order valence-corrected chi connectivity index (χ3v) is 3.21. The lowest BCUT2D eigenvalue weighted by atomic mass is 10.0. The largest absolute Gasteiger partial charge is 0.478 e. The van der Waals surface area contributed by atoms with Crippen LogP contribution >= 0.6 is 0 Å². The molecule has 0 aliphatic carbocycles. The molecule has 2 rings (SSSR count). The molecular formula is C13H15NO4. The van der Waals surface area contributed by atoms with Crippen molar-refractivity contribution in [2.45, 2.75) is 25.9 Å². The topological polar surface area (TPSA) is 72.6 Å². The fraction of sp³-hybridized carbons (Fsp3) is 0.385. The summed E-state index contributed by atoms with van der Waals surface area (Å²) in [6, 6.07) is 4.60. The summed E-state index contributed by atoms with van der Waals surface area (Å²) in [4.78, 5) is 15.2. The Balaban J connectivity index is 2.53. The van der Waals surface area contributed by atoms with Crippen molar-refractivity contribution in [1.29, 1.82) is 0 Å². The molecule has 1 atom stereocenters. The van der Waals surface area contributed by atoms with E-state index < -0.39 is 11.6 Å². The summed E-state index contributed by atoms with van der Waals surface area (Å²) in [5, 5.41) is 8.92. The molecule has 1 unspecified atom stereocenters. The molecule has 0 bridgehead atoms. The molecule has 1 aromatic carbocycles. The maximum Gasteiger partial charge on any atom is 0.335 e. The van der Waals surface area contributed by atoms with Crippen LogP contribution in [0.15, 0.2) is 22.6 Å². The molecule has 1 aromatic heterocycles. The molecule has 0 radical (unpaired) electrons. The monoisotopic (exact) mass is 249 g/mol. The first-order valence-corrected chi connectivity index (χ1v) is 5.69. The number of hydrogen-bond acceptors (Lipinski definition) is 4. The highest BCUT2D eigenvalue weighted by Crippen LogP contribution is 2.30.